The van der Waals surface area contributed by atoms with E-state index in [1.54, 1.807) is 13.8 Å². The first kappa shape index (κ1) is 10.3. The second-order valence-corrected chi connectivity index (χ2v) is 3.16. The third kappa shape index (κ3) is 1.61. The highest BCUT2D eigenvalue weighted by Gasteiger charge is 2.15. The van der Waals surface area contributed by atoms with Gasteiger partial charge in [-0.2, -0.15) is 0 Å². The molecule has 0 aliphatic carbocycles. The van der Waals surface area contributed by atoms with Crippen molar-refractivity contribution in [3.63, 3.8) is 0 Å². The van der Waals surface area contributed by atoms with Crippen LogP contribution in [0.25, 0.3) is 0 Å². The minimum Gasteiger partial charge on any atom is -0.397 e. The summed E-state index contributed by atoms with van der Waals surface area (Å²) in [5, 5.41) is 0. The molecule has 1 rings (SSSR count). The maximum absolute atomic E-state index is 11.4. The summed E-state index contributed by atoms with van der Waals surface area (Å²) in [4.78, 5) is 22.4. The lowest BCUT2D eigenvalue weighted by atomic mass is 10.2. The second kappa shape index (κ2) is 3.53. The van der Waals surface area contributed by atoms with Crippen molar-refractivity contribution in [2.75, 3.05) is 5.73 Å². The Hall–Kier alpha value is -1.78. The summed E-state index contributed by atoms with van der Waals surface area (Å²) in [6.07, 6.45) is 0. The lowest BCUT2D eigenvalue weighted by Crippen LogP contribution is -2.33. The number of nitrogen functional groups attached to an aromatic ring is 1. The molecule has 1 aromatic heterocycles. The van der Waals surface area contributed by atoms with Gasteiger partial charge in [-0.15, -0.1) is 0 Å². The van der Waals surface area contributed by atoms with E-state index in [0.29, 0.717) is 11.4 Å². The fourth-order valence-electron chi connectivity index (χ4n) is 1.27. The Morgan fingerprint density at radius 2 is 2.07 bits per heavy atom. The van der Waals surface area contributed by atoms with Crippen LogP contribution in [0.15, 0.2) is 16.9 Å². The highest BCUT2D eigenvalue weighted by Crippen LogP contribution is 2.11. The molecule has 76 valence electrons. The highest BCUT2D eigenvalue weighted by atomic mass is 16.2. The number of nitrogens with two attached hydrogens (primary N) is 2. The SMILES string of the molecule is Cc1c(N)ccc(=O)n1C(C)C(N)=O. The van der Waals surface area contributed by atoms with Crippen LogP contribution < -0.4 is 17.0 Å². The van der Waals surface area contributed by atoms with Crippen LogP contribution in [0.4, 0.5) is 5.69 Å². The predicted octanol–water partition coefficient (Wildman–Crippen LogP) is -0.215. The van der Waals surface area contributed by atoms with Gasteiger partial charge in [0.05, 0.1) is 5.69 Å². The number of hydrogen-bond donors (Lipinski definition) is 2. The van der Waals surface area contributed by atoms with Crippen LogP contribution in [0.2, 0.25) is 0 Å². The van der Waals surface area contributed by atoms with Crippen molar-refractivity contribution in [2.45, 2.75) is 19.9 Å². The molecular formula is C9H13N3O2. The molecular weight excluding hydrogens is 182 g/mol. The molecule has 5 heteroatoms. The summed E-state index contributed by atoms with van der Waals surface area (Å²) < 4.78 is 1.29. The van der Waals surface area contributed by atoms with Gasteiger partial charge in [0.2, 0.25) is 5.91 Å². The standard InChI is InChI=1S/C9H13N3O2/c1-5-7(10)3-4-8(13)12(5)6(2)9(11)14/h3-4,6H,10H2,1-2H3,(H2,11,14). The van der Waals surface area contributed by atoms with Gasteiger partial charge in [-0.3, -0.25) is 14.2 Å². The smallest absolute Gasteiger partial charge is 0.251 e. The molecule has 0 radical (unpaired) electrons. The highest BCUT2D eigenvalue weighted by molar-refractivity contribution is 5.78. The van der Waals surface area contributed by atoms with Gasteiger partial charge in [-0.05, 0) is 19.9 Å². The van der Waals surface area contributed by atoms with Crippen LogP contribution in [0.1, 0.15) is 18.7 Å². The van der Waals surface area contributed by atoms with Gasteiger partial charge in [0.15, 0.2) is 0 Å². The molecule has 14 heavy (non-hydrogen) atoms. The van der Waals surface area contributed by atoms with Gasteiger partial charge in [0, 0.05) is 11.8 Å². The van der Waals surface area contributed by atoms with E-state index in [2.05, 4.69) is 0 Å². The van der Waals surface area contributed by atoms with Crippen LogP contribution in [0.3, 0.4) is 0 Å². The number of primary amides is 1. The zero-order chi connectivity index (χ0) is 10.9. The summed E-state index contributed by atoms with van der Waals surface area (Å²) in [5.74, 6) is -0.555. The number of hydrogen-bond acceptors (Lipinski definition) is 3. The number of pyridine rings is 1. The summed E-state index contributed by atoms with van der Waals surface area (Å²) in [6.45, 7) is 3.24. The monoisotopic (exact) mass is 195 g/mol. The van der Waals surface area contributed by atoms with E-state index >= 15 is 0 Å². The molecule has 0 saturated heterocycles. The lowest BCUT2D eigenvalue weighted by molar-refractivity contribution is -0.120. The molecule has 0 aliphatic rings. The van der Waals surface area contributed by atoms with Crippen molar-refractivity contribution < 1.29 is 4.79 Å². The Bertz CT molecular complexity index is 423. The zero-order valence-electron chi connectivity index (χ0n) is 8.15. The molecule has 1 unspecified atom stereocenters. The molecule has 0 fully saturated rings. The average molecular weight is 195 g/mol. The molecule has 4 N–H and O–H groups in total. The second-order valence-electron chi connectivity index (χ2n) is 3.16. The van der Waals surface area contributed by atoms with Gasteiger partial charge >= 0.3 is 0 Å². The van der Waals surface area contributed by atoms with Crippen LogP contribution in [-0.2, 0) is 4.79 Å². The van der Waals surface area contributed by atoms with E-state index in [4.69, 9.17) is 11.5 Å². The third-order valence-electron chi connectivity index (χ3n) is 2.22. The Morgan fingerprint density at radius 1 is 1.50 bits per heavy atom. The lowest BCUT2D eigenvalue weighted by Gasteiger charge is -2.15. The number of nitrogens with zero attached hydrogens (tertiary/aromatic N) is 1. The van der Waals surface area contributed by atoms with Crippen molar-refractivity contribution in [2.24, 2.45) is 5.73 Å². The number of amides is 1. The fraction of sp³-hybridized carbons (Fsp3) is 0.333. The molecule has 5 nitrogen and oxygen atoms in total. The maximum atomic E-state index is 11.4. The van der Waals surface area contributed by atoms with E-state index in [9.17, 15) is 9.59 Å². The Balaban J connectivity index is 3.40. The summed E-state index contributed by atoms with van der Waals surface area (Å²) >= 11 is 0. The summed E-state index contributed by atoms with van der Waals surface area (Å²) in [7, 11) is 0. The zero-order valence-corrected chi connectivity index (χ0v) is 8.15. The van der Waals surface area contributed by atoms with E-state index < -0.39 is 11.9 Å². The Labute approximate surface area is 81.3 Å². The van der Waals surface area contributed by atoms with Gasteiger partial charge in [0.1, 0.15) is 6.04 Å². The van der Waals surface area contributed by atoms with Gasteiger partial charge in [-0.1, -0.05) is 0 Å². The van der Waals surface area contributed by atoms with E-state index in [0.717, 1.165) is 0 Å². The van der Waals surface area contributed by atoms with Gasteiger partial charge in [0.25, 0.3) is 5.56 Å². The average Bonchev–Trinajstić information content (AvgIpc) is 2.12. The molecule has 1 atom stereocenters. The van der Waals surface area contributed by atoms with Crippen molar-refractivity contribution >= 4 is 11.6 Å². The van der Waals surface area contributed by atoms with E-state index in [-0.39, 0.29) is 5.56 Å². The molecule has 0 spiro atoms. The predicted molar refractivity (Wildman–Crippen MR) is 53.8 cm³/mol. The fourth-order valence-corrected chi connectivity index (χ4v) is 1.27. The maximum Gasteiger partial charge on any atom is 0.251 e. The Kier molecular flexibility index (Phi) is 2.60. The van der Waals surface area contributed by atoms with E-state index in [1.807, 2.05) is 0 Å². The first-order valence-electron chi connectivity index (χ1n) is 4.22. The molecule has 0 saturated carbocycles. The quantitative estimate of drug-likeness (QED) is 0.683. The normalized spacial score (nSPS) is 12.4. The molecule has 0 aliphatic heterocycles. The van der Waals surface area contributed by atoms with Crippen molar-refractivity contribution in [1.82, 2.24) is 4.57 Å². The van der Waals surface area contributed by atoms with Gasteiger partial charge < -0.3 is 11.5 Å². The molecule has 1 aromatic rings. The topological polar surface area (TPSA) is 91.1 Å². The van der Waals surface area contributed by atoms with Gasteiger partial charge in [-0.25, -0.2) is 0 Å². The van der Waals surface area contributed by atoms with Crippen molar-refractivity contribution in [3.8, 4) is 0 Å². The molecule has 1 heterocycles. The number of carbonyl (C=O) groups is 1. The number of rotatable bonds is 2. The number of aromatic nitrogens is 1. The summed E-state index contributed by atoms with van der Waals surface area (Å²) in [5.41, 5.74) is 11.5. The number of anilines is 1. The van der Waals surface area contributed by atoms with E-state index in [1.165, 1.54) is 16.7 Å². The van der Waals surface area contributed by atoms with Crippen LogP contribution in [-0.4, -0.2) is 10.5 Å². The minimum absolute atomic E-state index is 0.275. The van der Waals surface area contributed by atoms with Crippen LogP contribution in [0.5, 0.6) is 0 Å². The van der Waals surface area contributed by atoms with Crippen LogP contribution >= 0.6 is 0 Å². The minimum atomic E-state index is -0.675. The summed E-state index contributed by atoms with van der Waals surface area (Å²) in [6, 6.07) is 2.16. The van der Waals surface area contributed by atoms with Crippen LogP contribution in [0, 0.1) is 6.92 Å². The number of carbonyl (C=O) groups excluding carboxylic acids is 1. The third-order valence-corrected chi connectivity index (χ3v) is 2.22. The Morgan fingerprint density at radius 3 is 2.57 bits per heavy atom. The first-order valence-corrected chi connectivity index (χ1v) is 4.22. The first-order chi connectivity index (χ1) is 6.45. The van der Waals surface area contributed by atoms with Crippen molar-refractivity contribution in [3.05, 3.63) is 28.2 Å². The molecule has 0 bridgehead atoms. The van der Waals surface area contributed by atoms with Crippen molar-refractivity contribution in [1.29, 1.82) is 0 Å². The molecule has 1 amide bonds. The molecule has 0 aromatic carbocycles. The largest absolute Gasteiger partial charge is 0.397 e.